The van der Waals surface area contributed by atoms with Crippen molar-refractivity contribution in [2.24, 2.45) is 0 Å². The molecule has 0 saturated carbocycles. The zero-order valence-electron chi connectivity index (χ0n) is 12.1. The molecule has 0 aromatic heterocycles. The van der Waals surface area contributed by atoms with Crippen LogP contribution in [0.5, 0.6) is 0 Å². The Kier molecular flexibility index (Phi) is 7.52. The zero-order chi connectivity index (χ0) is 12.8. The third kappa shape index (κ3) is 6.66. The van der Waals surface area contributed by atoms with Gasteiger partial charge < -0.3 is 8.85 Å². The predicted molar refractivity (Wildman–Crippen MR) is 71.8 cm³/mol. The highest BCUT2D eigenvalue weighted by molar-refractivity contribution is 6.48. The van der Waals surface area contributed by atoms with Crippen LogP contribution in [0.3, 0.4) is 0 Å². The van der Waals surface area contributed by atoms with Crippen LogP contribution in [0.1, 0.15) is 67.7 Å². The second-order valence-corrected chi connectivity index (χ2v) is 8.01. The summed E-state index contributed by atoms with van der Waals surface area (Å²) >= 11 is 0. The van der Waals surface area contributed by atoms with E-state index in [2.05, 4.69) is 48.5 Å². The Morgan fingerprint density at radius 1 is 1.00 bits per heavy atom. The van der Waals surface area contributed by atoms with E-state index in [1.807, 2.05) is 0 Å². The first-order valence-corrected chi connectivity index (χ1v) is 7.82. The smallest absolute Gasteiger partial charge is 0.391 e. The highest BCUT2D eigenvalue weighted by atomic mass is 28.3. The molecule has 0 aliphatic carbocycles. The van der Waals surface area contributed by atoms with Gasteiger partial charge in [-0.05, 0) is 34.1 Å². The Bertz CT molecular complexity index is 169. The lowest BCUT2D eigenvalue weighted by molar-refractivity contribution is 0.111. The maximum Gasteiger partial charge on any atom is 0.391 e. The summed E-state index contributed by atoms with van der Waals surface area (Å²) in [6.07, 6.45) is 4.20. The predicted octanol–water partition coefficient (Wildman–Crippen LogP) is 4.30. The largest absolute Gasteiger partial charge is 0.391 e. The fourth-order valence-corrected chi connectivity index (χ4v) is 3.43. The van der Waals surface area contributed by atoms with Crippen molar-refractivity contribution < 1.29 is 8.85 Å². The zero-order valence-corrected chi connectivity index (χ0v) is 13.1. The lowest BCUT2D eigenvalue weighted by atomic mass is 10.1. The van der Waals surface area contributed by atoms with Crippen LogP contribution in [-0.2, 0) is 8.85 Å². The van der Waals surface area contributed by atoms with Gasteiger partial charge in [0.25, 0.3) is 0 Å². The maximum absolute atomic E-state index is 6.00. The summed E-state index contributed by atoms with van der Waals surface area (Å²) in [5.74, 6) is 0. The van der Waals surface area contributed by atoms with Gasteiger partial charge >= 0.3 is 9.28 Å². The molecule has 0 amide bonds. The van der Waals surface area contributed by atoms with Crippen molar-refractivity contribution in [3.8, 4) is 0 Å². The highest BCUT2D eigenvalue weighted by Gasteiger charge is 2.37. The minimum absolute atomic E-state index is 0.190. The lowest BCUT2D eigenvalue weighted by Crippen LogP contribution is -2.39. The Hall–Kier alpha value is 0.137. The lowest BCUT2D eigenvalue weighted by Gasteiger charge is -2.33. The summed E-state index contributed by atoms with van der Waals surface area (Å²) in [7, 11) is -1.19. The van der Waals surface area contributed by atoms with Gasteiger partial charge in [-0.1, -0.05) is 33.6 Å². The number of hydrogen-bond acceptors (Lipinski definition) is 2. The second-order valence-electron chi connectivity index (χ2n) is 5.61. The third-order valence-corrected chi connectivity index (χ3v) is 5.12. The summed E-state index contributed by atoms with van der Waals surface area (Å²) in [4.78, 5) is 0. The van der Waals surface area contributed by atoms with Crippen molar-refractivity contribution in [1.29, 1.82) is 0 Å². The minimum Gasteiger partial charge on any atom is -0.391 e. The van der Waals surface area contributed by atoms with Gasteiger partial charge in [-0.25, -0.2) is 0 Å². The van der Waals surface area contributed by atoms with E-state index < -0.39 is 9.28 Å². The molecule has 0 saturated heterocycles. The molecule has 0 aromatic carbocycles. The quantitative estimate of drug-likeness (QED) is 0.594. The summed E-state index contributed by atoms with van der Waals surface area (Å²) in [5, 5.41) is 0.190. The Balaban J connectivity index is 4.44. The van der Waals surface area contributed by atoms with Crippen LogP contribution in [0.15, 0.2) is 0 Å². The average Bonchev–Trinajstić information content (AvgIpc) is 2.12. The first-order chi connectivity index (χ1) is 7.29. The molecule has 97 valence electrons. The number of hydrogen-bond donors (Lipinski definition) is 0. The molecule has 0 atom stereocenters. The van der Waals surface area contributed by atoms with Crippen molar-refractivity contribution in [3.63, 3.8) is 0 Å². The van der Waals surface area contributed by atoms with E-state index in [1.165, 1.54) is 19.3 Å². The van der Waals surface area contributed by atoms with Crippen LogP contribution in [0, 0.1) is 0 Å². The number of rotatable bonds is 8. The molecule has 0 heterocycles. The molecule has 0 rings (SSSR count). The molecule has 0 aliphatic heterocycles. The molecular weight excluding hydrogens is 216 g/mol. The average molecular weight is 245 g/mol. The minimum atomic E-state index is -1.19. The van der Waals surface area contributed by atoms with E-state index in [-0.39, 0.29) is 17.2 Å². The molecule has 0 unspecified atom stereocenters. The van der Waals surface area contributed by atoms with Crippen molar-refractivity contribution in [3.05, 3.63) is 0 Å². The van der Waals surface area contributed by atoms with E-state index >= 15 is 0 Å². The number of unbranched alkanes of at least 4 members (excludes halogenated alkanes) is 1. The SMILES string of the molecule is CCCCC(C)(C)[Si](OC(C)C)OC(C)C. The molecule has 1 radical (unpaired) electrons. The van der Waals surface area contributed by atoms with E-state index in [1.54, 1.807) is 0 Å². The third-order valence-electron chi connectivity index (χ3n) is 2.39. The van der Waals surface area contributed by atoms with Gasteiger partial charge in [0.05, 0.1) is 0 Å². The van der Waals surface area contributed by atoms with Crippen LogP contribution in [-0.4, -0.2) is 21.5 Å². The Morgan fingerprint density at radius 3 is 1.75 bits per heavy atom. The standard InChI is InChI=1S/C13H29O2Si/c1-8-9-10-13(6,7)16(14-11(2)3)15-12(4)5/h11-12H,8-10H2,1-7H3. The van der Waals surface area contributed by atoms with Crippen LogP contribution in [0.2, 0.25) is 5.04 Å². The molecule has 3 heteroatoms. The molecule has 0 bridgehead atoms. The van der Waals surface area contributed by atoms with Crippen LogP contribution in [0.4, 0.5) is 0 Å². The van der Waals surface area contributed by atoms with Gasteiger partial charge in [0.15, 0.2) is 0 Å². The topological polar surface area (TPSA) is 18.5 Å². The molecule has 0 N–H and O–H groups in total. The molecule has 0 fully saturated rings. The van der Waals surface area contributed by atoms with E-state index in [0.717, 1.165) is 0 Å². The fourth-order valence-electron chi connectivity index (χ4n) is 1.50. The van der Waals surface area contributed by atoms with Gasteiger partial charge in [0.2, 0.25) is 0 Å². The van der Waals surface area contributed by atoms with E-state index in [0.29, 0.717) is 0 Å². The highest BCUT2D eigenvalue weighted by Crippen LogP contribution is 2.36. The van der Waals surface area contributed by atoms with Gasteiger partial charge in [0, 0.05) is 17.2 Å². The Labute approximate surface area is 104 Å². The van der Waals surface area contributed by atoms with E-state index in [9.17, 15) is 0 Å². The molecule has 0 aliphatic rings. The first-order valence-electron chi connectivity index (χ1n) is 6.50. The van der Waals surface area contributed by atoms with Crippen molar-refractivity contribution in [2.45, 2.75) is 85.0 Å². The van der Waals surface area contributed by atoms with Crippen LogP contribution < -0.4 is 0 Å². The van der Waals surface area contributed by atoms with Gasteiger partial charge in [0.1, 0.15) is 0 Å². The van der Waals surface area contributed by atoms with Gasteiger partial charge in [-0.15, -0.1) is 0 Å². The van der Waals surface area contributed by atoms with Crippen molar-refractivity contribution in [2.75, 3.05) is 0 Å². The molecular formula is C13H29O2Si. The van der Waals surface area contributed by atoms with Gasteiger partial charge in [-0.2, -0.15) is 0 Å². The molecule has 2 nitrogen and oxygen atoms in total. The van der Waals surface area contributed by atoms with E-state index in [4.69, 9.17) is 8.85 Å². The monoisotopic (exact) mass is 245 g/mol. The Morgan fingerprint density at radius 2 is 1.44 bits per heavy atom. The fraction of sp³-hybridized carbons (Fsp3) is 1.00. The summed E-state index contributed by atoms with van der Waals surface area (Å²) in [5.41, 5.74) is 0. The summed E-state index contributed by atoms with van der Waals surface area (Å²) in [6.45, 7) is 15.1. The molecule has 0 spiro atoms. The van der Waals surface area contributed by atoms with Crippen molar-refractivity contribution >= 4 is 9.28 Å². The second kappa shape index (κ2) is 7.46. The summed E-state index contributed by atoms with van der Waals surface area (Å²) < 4.78 is 12.0. The van der Waals surface area contributed by atoms with Crippen molar-refractivity contribution in [1.82, 2.24) is 0 Å². The van der Waals surface area contributed by atoms with Gasteiger partial charge in [-0.3, -0.25) is 0 Å². The van der Waals surface area contributed by atoms with Crippen LogP contribution in [0.25, 0.3) is 0 Å². The normalized spacial score (nSPS) is 13.1. The molecule has 16 heavy (non-hydrogen) atoms. The first kappa shape index (κ1) is 16.1. The van der Waals surface area contributed by atoms with Crippen LogP contribution >= 0.6 is 0 Å². The molecule has 0 aromatic rings. The summed E-state index contributed by atoms with van der Waals surface area (Å²) in [6, 6.07) is 0. The maximum atomic E-state index is 6.00.